The third-order valence-corrected chi connectivity index (χ3v) is 4.44. The van der Waals surface area contributed by atoms with Gasteiger partial charge in [0, 0.05) is 5.60 Å². The average molecular weight is 212 g/mol. The minimum Gasteiger partial charge on any atom is -0.419 e. The summed E-state index contributed by atoms with van der Waals surface area (Å²) in [6.45, 7) is 6.47. The van der Waals surface area contributed by atoms with Crippen molar-refractivity contribution in [3.05, 3.63) is 12.2 Å². The third-order valence-electron chi connectivity index (χ3n) is 2.67. The molecule has 82 valence electrons. The molecule has 0 aliphatic heterocycles. The number of allylic oxidation sites excluding steroid dienone is 2. The normalized spacial score (nSPS) is 23.5. The second-order valence-electron chi connectivity index (χ2n) is 5.25. The smallest absolute Gasteiger partial charge is 0.162 e. The van der Waals surface area contributed by atoms with E-state index in [4.69, 9.17) is 4.43 Å². The maximum Gasteiger partial charge on any atom is 0.162 e. The predicted octanol–water partition coefficient (Wildman–Crippen LogP) is 3.05. The van der Waals surface area contributed by atoms with Crippen LogP contribution >= 0.6 is 0 Å². The van der Waals surface area contributed by atoms with Crippen molar-refractivity contribution in [1.29, 1.82) is 0 Å². The molecule has 0 saturated carbocycles. The van der Waals surface area contributed by atoms with Crippen molar-refractivity contribution < 1.29 is 4.43 Å². The largest absolute Gasteiger partial charge is 0.419 e. The topological polar surface area (TPSA) is 9.23 Å². The Morgan fingerprint density at radius 1 is 1.36 bits per heavy atom. The van der Waals surface area contributed by atoms with E-state index >= 15 is 0 Å². The summed E-state index contributed by atoms with van der Waals surface area (Å²) in [5.74, 6) is 0.955. The molecule has 0 bridgehead atoms. The van der Waals surface area contributed by atoms with Gasteiger partial charge in [0.05, 0.1) is 0 Å². The fourth-order valence-electron chi connectivity index (χ4n) is 1.87. The molecule has 0 aromatic carbocycles. The highest BCUT2D eigenvalue weighted by Gasteiger charge is 2.12. The first-order valence-electron chi connectivity index (χ1n) is 5.87. The van der Waals surface area contributed by atoms with Crippen LogP contribution in [-0.4, -0.2) is 15.4 Å². The van der Waals surface area contributed by atoms with E-state index in [2.05, 4.69) is 32.9 Å². The number of hydrogen-bond donors (Lipinski definition) is 0. The molecular weight excluding hydrogens is 188 g/mol. The standard InChI is InChI=1S/C12H24OSi/c1-12(2,3)13-14-10-9-11-7-5-4-6-8-11/h4-5,11H,6-10,14H2,1-3H3. The van der Waals surface area contributed by atoms with Crippen LogP contribution in [0.25, 0.3) is 0 Å². The van der Waals surface area contributed by atoms with Gasteiger partial charge in [-0.25, -0.2) is 0 Å². The van der Waals surface area contributed by atoms with Gasteiger partial charge in [0.25, 0.3) is 0 Å². The van der Waals surface area contributed by atoms with Crippen molar-refractivity contribution in [3.8, 4) is 0 Å². The quantitative estimate of drug-likeness (QED) is 0.395. The molecule has 0 fully saturated rings. The molecule has 1 rings (SSSR count). The van der Waals surface area contributed by atoms with Crippen LogP contribution in [0.15, 0.2) is 12.2 Å². The molecule has 0 heterocycles. The van der Waals surface area contributed by atoms with Crippen LogP contribution in [0.5, 0.6) is 0 Å². The van der Waals surface area contributed by atoms with Gasteiger partial charge in [-0.3, -0.25) is 0 Å². The lowest BCUT2D eigenvalue weighted by Crippen LogP contribution is -2.21. The number of hydrogen-bond acceptors (Lipinski definition) is 1. The molecule has 1 atom stereocenters. The molecule has 1 nitrogen and oxygen atoms in total. The van der Waals surface area contributed by atoms with Crippen LogP contribution in [0.2, 0.25) is 6.04 Å². The van der Waals surface area contributed by atoms with Crippen molar-refractivity contribution in [3.63, 3.8) is 0 Å². The molecule has 0 spiro atoms. The highest BCUT2D eigenvalue weighted by molar-refractivity contribution is 6.27. The fraction of sp³-hybridized carbons (Fsp3) is 0.833. The monoisotopic (exact) mass is 212 g/mol. The van der Waals surface area contributed by atoms with Crippen LogP contribution < -0.4 is 0 Å². The molecule has 1 unspecified atom stereocenters. The van der Waals surface area contributed by atoms with E-state index in [1.807, 2.05) is 0 Å². The Morgan fingerprint density at radius 2 is 2.14 bits per heavy atom. The summed E-state index contributed by atoms with van der Waals surface area (Å²) in [7, 11) is -0.262. The zero-order chi connectivity index (χ0) is 10.4. The van der Waals surface area contributed by atoms with E-state index in [0.717, 1.165) is 5.92 Å². The van der Waals surface area contributed by atoms with Gasteiger partial charge in [-0.1, -0.05) is 18.6 Å². The minimum absolute atomic E-state index is 0.0959. The molecule has 0 aromatic heterocycles. The van der Waals surface area contributed by atoms with E-state index < -0.39 is 0 Å². The van der Waals surface area contributed by atoms with Gasteiger partial charge in [-0.2, -0.15) is 0 Å². The Morgan fingerprint density at radius 3 is 2.71 bits per heavy atom. The molecule has 0 amide bonds. The van der Waals surface area contributed by atoms with Gasteiger partial charge in [0.15, 0.2) is 9.76 Å². The first kappa shape index (κ1) is 12.0. The molecular formula is C12H24OSi. The molecule has 0 radical (unpaired) electrons. The Balaban J connectivity index is 2.01. The summed E-state index contributed by atoms with van der Waals surface area (Å²) >= 11 is 0. The molecule has 0 aromatic rings. The lowest BCUT2D eigenvalue weighted by atomic mass is 9.92. The highest BCUT2D eigenvalue weighted by atomic mass is 28.2. The third kappa shape index (κ3) is 5.61. The van der Waals surface area contributed by atoms with Gasteiger partial charge >= 0.3 is 0 Å². The Labute approximate surface area is 90.9 Å². The molecule has 1 aliphatic rings. The van der Waals surface area contributed by atoms with Gasteiger partial charge in [-0.05, 0) is 52.0 Å². The van der Waals surface area contributed by atoms with Gasteiger partial charge in [0.1, 0.15) is 0 Å². The second-order valence-corrected chi connectivity index (χ2v) is 6.66. The van der Waals surface area contributed by atoms with Crippen molar-refractivity contribution in [2.75, 3.05) is 0 Å². The van der Waals surface area contributed by atoms with Crippen molar-refractivity contribution in [2.24, 2.45) is 5.92 Å². The summed E-state index contributed by atoms with van der Waals surface area (Å²) in [6.07, 6.45) is 10.1. The summed E-state index contributed by atoms with van der Waals surface area (Å²) in [5.41, 5.74) is 0.0959. The van der Waals surface area contributed by atoms with E-state index in [0.29, 0.717) is 0 Å². The maximum atomic E-state index is 5.84. The van der Waals surface area contributed by atoms with Crippen LogP contribution in [0, 0.1) is 5.92 Å². The molecule has 1 aliphatic carbocycles. The molecule has 2 heteroatoms. The number of rotatable bonds is 4. The average Bonchev–Trinajstić information content (AvgIpc) is 2.13. The highest BCUT2D eigenvalue weighted by Crippen LogP contribution is 2.23. The van der Waals surface area contributed by atoms with Crippen LogP contribution in [0.1, 0.15) is 46.5 Å². The van der Waals surface area contributed by atoms with Gasteiger partial charge in [-0.15, -0.1) is 0 Å². The fourth-order valence-corrected chi connectivity index (χ4v) is 3.37. The summed E-state index contributed by atoms with van der Waals surface area (Å²) < 4.78 is 5.84. The Kier molecular flexibility index (Phi) is 4.89. The van der Waals surface area contributed by atoms with Crippen molar-refractivity contribution >= 4 is 9.76 Å². The lowest BCUT2D eigenvalue weighted by molar-refractivity contribution is 0.137. The van der Waals surface area contributed by atoms with Crippen molar-refractivity contribution in [1.82, 2.24) is 0 Å². The maximum absolute atomic E-state index is 5.84. The first-order chi connectivity index (χ1) is 6.58. The lowest BCUT2D eigenvalue weighted by Gasteiger charge is -2.21. The van der Waals surface area contributed by atoms with Crippen LogP contribution in [-0.2, 0) is 4.43 Å². The van der Waals surface area contributed by atoms with Gasteiger partial charge in [0.2, 0.25) is 0 Å². The van der Waals surface area contributed by atoms with E-state index in [1.54, 1.807) is 0 Å². The first-order valence-corrected chi connectivity index (χ1v) is 7.44. The van der Waals surface area contributed by atoms with Crippen LogP contribution in [0.3, 0.4) is 0 Å². The second kappa shape index (κ2) is 5.71. The van der Waals surface area contributed by atoms with Gasteiger partial charge < -0.3 is 4.43 Å². The van der Waals surface area contributed by atoms with Crippen LogP contribution in [0.4, 0.5) is 0 Å². The molecule has 0 N–H and O–H groups in total. The molecule has 0 saturated heterocycles. The molecule has 14 heavy (non-hydrogen) atoms. The van der Waals surface area contributed by atoms with E-state index in [-0.39, 0.29) is 15.4 Å². The van der Waals surface area contributed by atoms with E-state index in [9.17, 15) is 0 Å². The predicted molar refractivity (Wildman–Crippen MR) is 65.3 cm³/mol. The SMILES string of the molecule is CC(C)(C)O[SiH2]CCC1CC=CCC1. The summed E-state index contributed by atoms with van der Waals surface area (Å²) in [6, 6.07) is 1.36. The zero-order valence-electron chi connectivity index (χ0n) is 9.88. The Hall–Kier alpha value is -0.0831. The zero-order valence-corrected chi connectivity index (χ0v) is 11.3. The summed E-state index contributed by atoms with van der Waals surface area (Å²) in [5, 5.41) is 0. The summed E-state index contributed by atoms with van der Waals surface area (Å²) in [4.78, 5) is 0. The minimum atomic E-state index is -0.262. The van der Waals surface area contributed by atoms with Crippen molar-refractivity contribution in [2.45, 2.75) is 58.1 Å². The van der Waals surface area contributed by atoms with E-state index in [1.165, 1.54) is 31.7 Å². The Bertz CT molecular complexity index is 181.